The summed E-state index contributed by atoms with van der Waals surface area (Å²) in [6, 6.07) is 16.7. The van der Waals surface area contributed by atoms with Crippen molar-refractivity contribution >= 4 is 34.9 Å². The first-order valence-electron chi connectivity index (χ1n) is 9.06. The summed E-state index contributed by atoms with van der Waals surface area (Å²) in [6.45, 7) is 0.238. The van der Waals surface area contributed by atoms with Crippen molar-refractivity contribution in [1.82, 2.24) is 5.32 Å². The first-order chi connectivity index (χ1) is 14.4. The Kier molecular flexibility index (Phi) is 6.98. The van der Waals surface area contributed by atoms with Gasteiger partial charge in [0.15, 0.2) is 0 Å². The van der Waals surface area contributed by atoms with Gasteiger partial charge in [-0.1, -0.05) is 17.7 Å². The van der Waals surface area contributed by atoms with Gasteiger partial charge >= 0.3 is 6.03 Å². The number of amides is 3. The number of rotatable bonds is 6. The first-order valence-corrected chi connectivity index (χ1v) is 9.43. The van der Waals surface area contributed by atoms with E-state index in [9.17, 15) is 18.4 Å². The van der Waals surface area contributed by atoms with Crippen LogP contribution in [0.5, 0.6) is 0 Å². The lowest BCUT2D eigenvalue weighted by Crippen LogP contribution is -2.41. The third kappa shape index (κ3) is 5.78. The maximum Gasteiger partial charge on any atom is 0.326 e. The van der Waals surface area contributed by atoms with Crippen LogP contribution in [0, 0.1) is 11.6 Å². The molecule has 0 saturated carbocycles. The Bertz CT molecular complexity index is 1030. The van der Waals surface area contributed by atoms with E-state index in [-0.39, 0.29) is 13.1 Å². The van der Waals surface area contributed by atoms with Crippen LogP contribution in [-0.4, -0.2) is 25.0 Å². The molecule has 0 aliphatic carbocycles. The van der Waals surface area contributed by atoms with Gasteiger partial charge in [-0.25, -0.2) is 13.6 Å². The average Bonchev–Trinajstić information content (AvgIpc) is 2.72. The Morgan fingerprint density at radius 2 is 1.53 bits per heavy atom. The second-order valence-electron chi connectivity index (χ2n) is 6.33. The molecule has 3 rings (SSSR count). The summed E-state index contributed by atoms with van der Waals surface area (Å²) in [7, 11) is 0. The molecule has 5 nitrogen and oxygen atoms in total. The predicted molar refractivity (Wildman–Crippen MR) is 113 cm³/mol. The molecule has 0 fully saturated rings. The number of carbonyl (C=O) groups excluding carboxylic acids is 2. The molecule has 2 N–H and O–H groups in total. The summed E-state index contributed by atoms with van der Waals surface area (Å²) >= 11 is 5.95. The SMILES string of the molecule is O=C(NCCN(C(=O)Nc1cccc(Cl)c1)c1ccc(F)cc1)c1ccc(F)cc1. The zero-order chi connectivity index (χ0) is 21.5. The predicted octanol–water partition coefficient (Wildman–Crippen LogP) is 5.09. The highest BCUT2D eigenvalue weighted by atomic mass is 35.5. The van der Waals surface area contributed by atoms with Crippen LogP contribution in [-0.2, 0) is 0 Å². The van der Waals surface area contributed by atoms with Gasteiger partial charge in [-0.3, -0.25) is 9.69 Å². The van der Waals surface area contributed by atoms with Crippen LogP contribution < -0.4 is 15.5 Å². The fourth-order valence-electron chi connectivity index (χ4n) is 2.71. The van der Waals surface area contributed by atoms with Crippen LogP contribution in [0.15, 0.2) is 72.8 Å². The van der Waals surface area contributed by atoms with Crippen molar-refractivity contribution in [2.75, 3.05) is 23.3 Å². The van der Waals surface area contributed by atoms with Crippen molar-refractivity contribution in [1.29, 1.82) is 0 Å². The minimum Gasteiger partial charge on any atom is -0.350 e. The summed E-state index contributed by atoms with van der Waals surface area (Å²) in [5.41, 5.74) is 1.25. The molecule has 154 valence electrons. The highest BCUT2D eigenvalue weighted by Gasteiger charge is 2.17. The van der Waals surface area contributed by atoms with Gasteiger partial charge in [0.1, 0.15) is 11.6 Å². The third-order valence-corrected chi connectivity index (χ3v) is 4.42. The molecule has 0 aliphatic heterocycles. The van der Waals surface area contributed by atoms with E-state index in [1.54, 1.807) is 24.3 Å². The van der Waals surface area contributed by atoms with E-state index in [1.165, 1.54) is 53.4 Å². The van der Waals surface area contributed by atoms with Crippen LogP contribution in [0.4, 0.5) is 25.0 Å². The van der Waals surface area contributed by atoms with Crippen LogP contribution >= 0.6 is 11.6 Å². The molecule has 0 saturated heterocycles. The molecule has 0 unspecified atom stereocenters. The molecular weight excluding hydrogens is 412 g/mol. The van der Waals surface area contributed by atoms with Crippen molar-refractivity contribution in [3.8, 4) is 0 Å². The summed E-state index contributed by atoms with van der Waals surface area (Å²) in [5, 5.41) is 5.87. The van der Waals surface area contributed by atoms with Crippen LogP contribution in [0.25, 0.3) is 0 Å². The quantitative estimate of drug-likeness (QED) is 0.573. The third-order valence-electron chi connectivity index (χ3n) is 4.19. The first kappa shape index (κ1) is 21.3. The number of carbonyl (C=O) groups is 2. The Hall–Kier alpha value is -3.45. The highest BCUT2D eigenvalue weighted by molar-refractivity contribution is 6.30. The number of halogens is 3. The number of benzene rings is 3. The smallest absolute Gasteiger partial charge is 0.326 e. The molecule has 3 aromatic rings. The molecule has 0 spiro atoms. The molecule has 0 heterocycles. The summed E-state index contributed by atoms with van der Waals surface area (Å²) in [5.74, 6) is -1.27. The second-order valence-corrected chi connectivity index (χ2v) is 6.77. The fraction of sp³-hybridized carbons (Fsp3) is 0.0909. The maximum atomic E-state index is 13.3. The normalized spacial score (nSPS) is 10.4. The van der Waals surface area contributed by atoms with Crippen molar-refractivity contribution in [2.45, 2.75) is 0 Å². The van der Waals surface area contributed by atoms with Crippen molar-refractivity contribution in [2.24, 2.45) is 0 Å². The molecule has 30 heavy (non-hydrogen) atoms. The Morgan fingerprint density at radius 1 is 0.900 bits per heavy atom. The molecule has 0 atom stereocenters. The number of urea groups is 1. The molecule has 3 aromatic carbocycles. The molecule has 0 radical (unpaired) electrons. The van der Waals surface area contributed by atoms with E-state index in [1.807, 2.05) is 0 Å². The number of nitrogens with one attached hydrogen (secondary N) is 2. The summed E-state index contributed by atoms with van der Waals surface area (Å²) in [6.07, 6.45) is 0. The van der Waals surface area contributed by atoms with Crippen molar-refractivity contribution in [3.63, 3.8) is 0 Å². The highest BCUT2D eigenvalue weighted by Crippen LogP contribution is 2.19. The van der Waals surface area contributed by atoms with Crippen molar-refractivity contribution < 1.29 is 18.4 Å². The Morgan fingerprint density at radius 3 is 2.17 bits per heavy atom. The lowest BCUT2D eigenvalue weighted by atomic mass is 10.2. The molecule has 8 heteroatoms. The number of nitrogens with zero attached hydrogens (tertiary/aromatic N) is 1. The van der Waals surface area contributed by atoms with Gasteiger partial charge in [0, 0.05) is 35.1 Å². The van der Waals surface area contributed by atoms with E-state index in [0.717, 1.165) is 0 Å². The number of hydrogen-bond donors (Lipinski definition) is 2. The zero-order valence-corrected chi connectivity index (χ0v) is 16.5. The molecular formula is C22H18ClF2N3O2. The van der Waals surface area contributed by atoms with Crippen molar-refractivity contribution in [3.05, 3.63) is 95.0 Å². The van der Waals surface area contributed by atoms with Gasteiger partial charge in [-0.15, -0.1) is 0 Å². The largest absolute Gasteiger partial charge is 0.350 e. The van der Waals surface area contributed by atoms with Crippen LogP contribution in [0.2, 0.25) is 5.02 Å². The Balaban J connectivity index is 1.69. The van der Waals surface area contributed by atoms with E-state index >= 15 is 0 Å². The van der Waals surface area contributed by atoms with Gasteiger partial charge in [-0.05, 0) is 66.7 Å². The standard InChI is InChI=1S/C22H18ClF2N3O2/c23-16-2-1-3-19(14-16)27-22(30)28(20-10-8-18(25)9-11-20)13-12-26-21(29)15-4-6-17(24)7-5-15/h1-11,14H,12-13H2,(H,26,29)(H,27,30). The van der Waals surface area contributed by atoms with Crippen LogP contribution in [0.3, 0.4) is 0 Å². The van der Waals surface area contributed by atoms with E-state index in [2.05, 4.69) is 10.6 Å². The zero-order valence-electron chi connectivity index (χ0n) is 15.7. The topological polar surface area (TPSA) is 61.4 Å². The van der Waals surface area contributed by atoms with Gasteiger partial charge in [0.2, 0.25) is 0 Å². The van der Waals surface area contributed by atoms with Gasteiger partial charge in [0.25, 0.3) is 5.91 Å². The number of anilines is 2. The fourth-order valence-corrected chi connectivity index (χ4v) is 2.90. The summed E-state index contributed by atoms with van der Waals surface area (Å²) in [4.78, 5) is 26.4. The molecule has 0 aromatic heterocycles. The van der Waals surface area contributed by atoms with Crippen LogP contribution in [0.1, 0.15) is 10.4 Å². The monoisotopic (exact) mass is 429 g/mol. The Labute approximate surface area is 177 Å². The van der Waals surface area contributed by atoms with E-state index in [4.69, 9.17) is 11.6 Å². The second kappa shape index (κ2) is 9.84. The lowest BCUT2D eigenvalue weighted by Gasteiger charge is -2.23. The number of hydrogen-bond acceptors (Lipinski definition) is 2. The molecule has 3 amide bonds. The van der Waals surface area contributed by atoms with Gasteiger partial charge in [0.05, 0.1) is 0 Å². The molecule has 0 bridgehead atoms. The lowest BCUT2D eigenvalue weighted by molar-refractivity contribution is 0.0954. The minimum absolute atomic E-state index is 0.116. The van der Waals surface area contributed by atoms with Gasteiger partial charge < -0.3 is 10.6 Å². The average molecular weight is 430 g/mol. The maximum absolute atomic E-state index is 13.3. The minimum atomic E-state index is -0.472. The summed E-state index contributed by atoms with van der Waals surface area (Å²) < 4.78 is 26.3. The molecule has 0 aliphatic rings. The van der Waals surface area contributed by atoms with E-state index < -0.39 is 23.6 Å². The van der Waals surface area contributed by atoms with E-state index in [0.29, 0.717) is 22.0 Å². The van der Waals surface area contributed by atoms with Gasteiger partial charge in [-0.2, -0.15) is 0 Å².